The highest BCUT2D eigenvalue weighted by Gasteiger charge is 2.40. The molecule has 1 aliphatic heterocycles. The van der Waals surface area contributed by atoms with Crippen molar-refractivity contribution in [3.8, 4) is 0 Å². The van der Waals surface area contributed by atoms with Crippen molar-refractivity contribution < 1.29 is 18.0 Å². The Kier molecular flexibility index (Phi) is 3.97. The Morgan fingerprint density at radius 2 is 1.91 bits per heavy atom. The van der Waals surface area contributed by atoms with E-state index in [4.69, 9.17) is 23.2 Å². The number of carbonyl (C=O) groups excluding carboxylic acids is 1. The highest BCUT2D eigenvalue weighted by molar-refractivity contribution is 6.36. The second-order valence-electron chi connectivity index (χ2n) is 4.94. The van der Waals surface area contributed by atoms with E-state index in [-0.39, 0.29) is 36.0 Å². The van der Waals surface area contributed by atoms with Crippen molar-refractivity contribution in [2.75, 3.05) is 6.54 Å². The fraction of sp³-hybridized carbons (Fsp3) is 0.308. The molecular formula is C13H9Cl2F3N4O. The first-order chi connectivity index (χ1) is 10.8. The minimum atomic E-state index is -4.57. The van der Waals surface area contributed by atoms with Gasteiger partial charge >= 0.3 is 6.18 Å². The molecule has 0 atom stereocenters. The maximum absolute atomic E-state index is 12.8. The number of amides is 1. The molecule has 0 spiro atoms. The summed E-state index contributed by atoms with van der Waals surface area (Å²) in [5.74, 6) is -1.36. The lowest BCUT2D eigenvalue weighted by Crippen LogP contribution is -2.39. The van der Waals surface area contributed by atoms with Gasteiger partial charge in [-0.1, -0.05) is 23.2 Å². The molecule has 0 saturated heterocycles. The van der Waals surface area contributed by atoms with E-state index in [0.29, 0.717) is 5.02 Å². The predicted octanol–water partition coefficient (Wildman–Crippen LogP) is 3.26. The van der Waals surface area contributed by atoms with Crippen LogP contribution in [0.1, 0.15) is 22.0 Å². The Hall–Kier alpha value is -1.80. The smallest absolute Gasteiger partial charge is 0.329 e. The van der Waals surface area contributed by atoms with Gasteiger partial charge < -0.3 is 9.47 Å². The molecule has 10 heteroatoms. The molecule has 0 unspecified atom stereocenters. The highest BCUT2D eigenvalue weighted by Crippen LogP contribution is 2.30. The summed E-state index contributed by atoms with van der Waals surface area (Å²) in [4.78, 5) is 13.8. The molecule has 1 aromatic heterocycles. The standard InChI is InChI=1S/C13H9Cl2F3N4O/c14-7-1-2-8(9(15)5-7)11(23)21-3-4-22-10(6-21)19-20-12(22)13(16,17)18/h1-2,5H,3-4,6H2. The van der Waals surface area contributed by atoms with Gasteiger partial charge in [-0.25, -0.2) is 0 Å². The molecule has 2 heterocycles. The fourth-order valence-corrected chi connectivity index (χ4v) is 2.86. The topological polar surface area (TPSA) is 51.0 Å². The third kappa shape index (κ3) is 3.00. The molecule has 0 radical (unpaired) electrons. The Morgan fingerprint density at radius 3 is 2.57 bits per heavy atom. The van der Waals surface area contributed by atoms with Crippen LogP contribution in [0.25, 0.3) is 0 Å². The van der Waals surface area contributed by atoms with Crippen molar-refractivity contribution in [1.29, 1.82) is 0 Å². The molecule has 1 aliphatic rings. The largest absolute Gasteiger partial charge is 0.451 e. The molecule has 1 amide bonds. The van der Waals surface area contributed by atoms with E-state index < -0.39 is 17.9 Å². The number of hydrogen-bond acceptors (Lipinski definition) is 3. The summed E-state index contributed by atoms with van der Waals surface area (Å²) in [6.07, 6.45) is -4.57. The van der Waals surface area contributed by atoms with E-state index in [1.54, 1.807) is 0 Å². The van der Waals surface area contributed by atoms with Crippen molar-refractivity contribution in [3.05, 3.63) is 45.5 Å². The Morgan fingerprint density at radius 1 is 1.17 bits per heavy atom. The van der Waals surface area contributed by atoms with Gasteiger partial charge in [0.05, 0.1) is 17.1 Å². The Balaban J connectivity index is 1.85. The minimum absolute atomic E-state index is 0.0336. The van der Waals surface area contributed by atoms with E-state index in [9.17, 15) is 18.0 Å². The van der Waals surface area contributed by atoms with Gasteiger partial charge in [-0.2, -0.15) is 13.2 Å². The third-order valence-electron chi connectivity index (χ3n) is 3.46. The number of fused-ring (bicyclic) bond motifs is 1. The summed E-state index contributed by atoms with van der Waals surface area (Å²) < 4.78 is 39.3. The quantitative estimate of drug-likeness (QED) is 0.780. The molecule has 2 aromatic rings. The summed E-state index contributed by atoms with van der Waals surface area (Å²) in [6.45, 7) is 0.000896. The molecule has 1 aromatic carbocycles. The maximum atomic E-state index is 12.8. The van der Waals surface area contributed by atoms with E-state index in [1.165, 1.54) is 23.1 Å². The average Bonchev–Trinajstić information content (AvgIpc) is 2.89. The zero-order chi connectivity index (χ0) is 16.8. The number of hydrogen-bond donors (Lipinski definition) is 0. The Bertz CT molecular complexity index is 775. The van der Waals surface area contributed by atoms with Crippen molar-refractivity contribution in [2.24, 2.45) is 0 Å². The van der Waals surface area contributed by atoms with E-state index >= 15 is 0 Å². The van der Waals surface area contributed by atoms with Gasteiger partial charge in [0.25, 0.3) is 5.91 Å². The van der Waals surface area contributed by atoms with E-state index in [2.05, 4.69) is 10.2 Å². The monoisotopic (exact) mass is 364 g/mol. The zero-order valence-corrected chi connectivity index (χ0v) is 13.0. The normalized spacial score (nSPS) is 14.7. The molecule has 23 heavy (non-hydrogen) atoms. The van der Waals surface area contributed by atoms with Crippen LogP contribution < -0.4 is 0 Å². The lowest BCUT2D eigenvalue weighted by atomic mass is 10.2. The van der Waals surface area contributed by atoms with Gasteiger partial charge in [0.15, 0.2) is 5.82 Å². The van der Waals surface area contributed by atoms with Crippen molar-refractivity contribution in [2.45, 2.75) is 19.3 Å². The van der Waals surface area contributed by atoms with Gasteiger partial charge in [0.1, 0.15) is 0 Å². The first-order valence-electron chi connectivity index (χ1n) is 6.51. The van der Waals surface area contributed by atoms with Crippen LogP contribution in [-0.4, -0.2) is 32.1 Å². The molecule has 0 fully saturated rings. The predicted molar refractivity (Wildman–Crippen MR) is 76.2 cm³/mol. The first kappa shape index (κ1) is 16.1. The van der Waals surface area contributed by atoms with Gasteiger partial charge in [-0.3, -0.25) is 4.79 Å². The number of nitrogens with zero attached hydrogens (tertiary/aromatic N) is 4. The van der Waals surface area contributed by atoms with Gasteiger partial charge in [-0.05, 0) is 18.2 Å². The molecule has 5 nitrogen and oxygen atoms in total. The summed E-state index contributed by atoms with van der Waals surface area (Å²) in [7, 11) is 0. The number of rotatable bonds is 1. The second kappa shape index (κ2) is 5.68. The number of aromatic nitrogens is 3. The summed E-state index contributed by atoms with van der Waals surface area (Å²) in [6, 6.07) is 4.44. The van der Waals surface area contributed by atoms with Crippen LogP contribution in [0.5, 0.6) is 0 Å². The lowest BCUT2D eigenvalue weighted by molar-refractivity contribution is -0.147. The second-order valence-corrected chi connectivity index (χ2v) is 5.78. The molecular weight excluding hydrogens is 356 g/mol. The van der Waals surface area contributed by atoms with Crippen LogP contribution in [0.2, 0.25) is 10.0 Å². The maximum Gasteiger partial charge on any atom is 0.451 e. The van der Waals surface area contributed by atoms with Crippen molar-refractivity contribution in [3.63, 3.8) is 0 Å². The van der Waals surface area contributed by atoms with Gasteiger partial charge in [0, 0.05) is 18.1 Å². The summed E-state index contributed by atoms with van der Waals surface area (Å²) in [5.41, 5.74) is 0.236. The SMILES string of the molecule is O=C(c1ccc(Cl)cc1Cl)N1CCn2c(nnc2C(F)(F)F)C1. The number of alkyl halides is 3. The number of benzene rings is 1. The van der Waals surface area contributed by atoms with E-state index in [1.807, 2.05) is 0 Å². The van der Waals surface area contributed by atoms with E-state index in [0.717, 1.165) is 4.57 Å². The van der Waals surface area contributed by atoms with Crippen LogP contribution in [0, 0.1) is 0 Å². The Labute approximate surface area is 138 Å². The highest BCUT2D eigenvalue weighted by atomic mass is 35.5. The van der Waals surface area contributed by atoms with Gasteiger partial charge in [0.2, 0.25) is 5.82 Å². The molecule has 0 aliphatic carbocycles. The molecule has 122 valence electrons. The van der Waals surface area contributed by atoms with Crippen LogP contribution in [-0.2, 0) is 19.3 Å². The summed E-state index contributed by atoms with van der Waals surface area (Å²) in [5, 5.41) is 7.28. The number of halogens is 5. The molecule has 0 saturated carbocycles. The first-order valence-corrected chi connectivity index (χ1v) is 7.26. The minimum Gasteiger partial charge on any atom is -0.329 e. The van der Waals surface area contributed by atoms with Crippen LogP contribution >= 0.6 is 23.2 Å². The average molecular weight is 365 g/mol. The number of carbonyl (C=O) groups is 1. The molecule has 0 bridgehead atoms. The lowest BCUT2D eigenvalue weighted by Gasteiger charge is -2.28. The zero-order valence-electron chi connectivity index (χ0n) is 11.4. The molecule has 0 N–H and O–H groups in total. The fourth-order valence-electron chi connectivity index (χ4n) is 2.37. The van der Waals surface area contributed by atoms with Crippen LogP contribution in [0.4, 0.5) is 13.2 Å². The van der Waals surface area contributed by atoms with Crippen LogP contribution in [0.15, 0.2) is 18.2 Å². The summed E-state index contributed by atoms with van der Waals surface area (Å²) >= 11 is 11.8. The third-order valence-corrected chi connectivity index (χ3v) is 4.00. The molecule has 3 rings (SSSR count). The van der Waals surface area contributed by atoms with Crippen molar-refractivity contribution in [1.82, 2.24) is 19.7 Å². The van der Waals surface area contributed by atoms with Crippen molar-refractivity contribution >= 4 is 29.1 Å². The van der Waals surface area contributed by atoms with Gasteiger partial charge in [-0.15, -0.1) is 10.2 Å². The van der Waals surface area contributed by atoms with Crippen LogP contribution in [0.3, 0.4) is 0 Å².